The van der Waals surface area contributed by atoms with Gasteiger partial charge in [0, 0.05) is 10.9 Å². The van der Waals surface area contributed by atoms with E-state index in [0.717, 1.165) is 16.8 Å². The Morgan fingerprint density at radius 2 is 1.48 bits per heavy atom. The van der Waals surface area contributed by atoms with E-state index in [1.165, 1.54) is 21.7 Å². The summed E-state index contributed by atoms with van der Waals surface area (Å²) < 4.78 is 0. The molecule has 1 nitrogen and oxygen atoms in total. The molecule has 0 atom stereocenters. The lowest BCUT2D eigenvalue weighted by atomic mass is 10.0. The average Bonchev–Trinajstić information content (AvgIpc) is 2.54. The first-order chi connectivity index (χ1) is 10.3. The molecule has 0 fully saturated rings. The van der Waals surface area contributed by atoms with Gasteiger partial charge in [-0.2, -0.15) is 0 Å². The smallest absolute Gasteiger partial charge is 0.0709 e. The molecule has 1 heteroatoms. The molecule has 1 aromatic heterocycles. The molecular formula is C20H15N. The Kier molecular flexibility index (Phi) is 2.71. The minimum Gasteiger partial charge on any atom is -0.248 e. The summed E-state index contributed by atoms with van der Waals surface area (Å²) in [5.41, 5.74) is 4.50. The second-order valence-electron chi connectivity index (χ2n) is 5.45. The number of aromatic nitrogens is 1. The Labute approximate surface area is 123 Å². The number of benzene rings is 3. The zero-order chi connectivity index (χ0) is 14.2. The molecule has 4 aromatic rings. The van der Waals surface area contributed by atoms with Crippen LogP contribution in [0.5, 0.6) is 0 Å². The van der Waals surface area contributed by atoms with Crippen molar-refractivity contribution in [2.75, 3.05) is 0 Å². The number of pyridine rings is 1. The third-order valence-corrected chi connectivity index (χ3v) is 3.89. The van der Waals surface area contributed by atoms with Crippen molar-refractivity contribution in [1.29, 1.82) is 0 Å². The summed E-state index contributed by atoms with van der Waals surface area (Å²) in [5.74, 6) is 0. The van der Waals surface area contributed by atoms with Crippen molar-refractivity contribution in [3.63, 3.8) is 0 Å². The van der Waals surface area contributed by atoms with Crippen LogP contribution in [-0.4, -0.2) is 4.98 Å². The number of rotatable bonds is 1. The lowest BCUT2D eigenvalue weighted by Crippen LogP contribution is -1.86. The van der Waals surface area contributed by atoms with E-state index in [0.29, 0.717) is 0 Å². The van der Waals surface area contributed by atoms with Gasteiger partial charge in [-0.05, 0) is 42.0 Å². The molecule has 0 saturated carbocycles. The van der Waals surface area contributed by atoms with Gasteiger partial charge < -0.3 is 0 Å². The van der Waals surface area contributed by atoms with Crippen molar-refractivity contribution in [3.05, 3.63) is 78.4 Å². The summed E-state index contributed by atoms with van der Waals surface area (Å²) in [7, 11) is 0. The largest absolute Gasteiger partial charge is 0.248 e. The van der Waals surface area contributed by atoms with E-state index in [1.54, 1.807) is 0 Å². The van der Waals surface area contributed by atoms with Gasteiger partial charge in [0.05, 0.1) is 11.2 Å². The van der Waals surface area contributed by atoms with Gasteiger partial charge in [0.2, 0.25) is 0 Å². The number of hydrogen-bond acceptors (Lipinski definition) is 1. The van der Waals surface area contributed by atoms with Crippen LogP contribution in [-0.2, 0) is 0 Å². The Morgan fingerprint density at radius 3 is 2.38 bits per heavy atom. The molecule has 0 unspecified atom stereocenters. The zero-order valence-corrected chi connectivity index (χ0v) is 11.9. The van der Waals surface area contributed by atoms with E-state index in [4.69, 9.17) is 4.98 Å². The van der Waals surface area contributed by atoms with E-state index in [9.17, 15) is 0 Å². The Balaban J connectivity index is 1.89. The summed E-state index contributed by atoms with van der Waals surface area (Å²) in [6.07, 6.45) is 0. The SMILES string of the molecule is Cc1ccc2nc(-c3ccc4ccccc4c3)ccc2c1. The highest BCUT2D eigenvalue weighted by atomic mass is 14.7. The van der Waals surface area contributed by atoms with Crippen LogP contribution >= 0.6 is 0 Å². The van der Waals surface area contributed by atoms with Crippen molar-refractivity contribution in [3.8, 4) is 11.3 Å². The maximum Gasteiger partial charge on any atom is 0.0709 e. The molecule has 0 bridgehead atoms. The quantitative estimate of drug-likeness (QED) is 0.453. The average molecular weight is 269 g/mol. The zero-order valence-electron chi connectivity index (χ0n) is 11.9. The van der Waals surface area contributed by atoms with Crippen LogP contribution in [0.4, 0.5) is 0 Å². The fraction of sp³-hybridized carbons (Fsp3) is 0.0500. The van der Waals surface area contributed by atoms with E-state index < -0.39 is 0 Å². The first-order valence-electron chi connectivity index (χ1n) is 7.16. The summed E-state index contributed by atoms with van der Waals surface area (Å²) in [6.45, 7) is 2.11. The van der Waals surface area contributed by atoms with E-state index >= 15 is 0 Å². The molecule has 21 heavy (non-hydrogen) atoms. The van der Waals surface area contributed by atoms with Gasteiger partial charge in [0.15, 0.2) is 0 Å². The maximum absolute atomic E-state index is 4.79. The van der Waals surface area contributed by atoms with Gasteiger partial charge in [-0.1, -0.05) is 54.1 Å². The molecule has 1 heterocycles. The molecule has 0 aliphatic rings. The number of fused-ring (bicyclic) bond motifs is 2. The van der Waals surface area contributed by atoms with E-state index in [1.807, 2.05) is 0 Å². The van der Waals surface area contributed by atoms with Crippen LogP contribution in [0.1, 0.15) is 5.56 Å². The Hall–Kier alpha value is -2.67. The first kappa shape index (κ1) is 12.1. The molecule has 0 amide bonds. The van der Waals surface area contributed by atoms with Crippen LogP contribution in [0.25, 0.3) is 32.9 Å². The molecule has 0 N–H and O–H groups in total. The summed E-state index contributed by atoms with van der Waals surface area (Å²) in [4.78, 5) is 4.79. The highest BCUT2D eigenvalue weighted by Crippen LogP contribution is 2.25. The Bertz CT molecular complexity index is 954. The van der Waals surface area contributed by atoms with Crippen LogP contribution in [0.2, 0.25) is 0 Å². The number of hydrogen-bond donors (Lipinski definition) is 0. The molecule has 100 valence electrons. The Morgan fingerprint density at radius 1 is 0.667 bits per heavy atom. The van der Waals surface area contributed by atoms with Crippen molar-refractivity contribution < 1.29 is 0 Å². The lowest BCUT2D eigenvalue weighted by Gasteiger charge is -2.06. The van der Waals surface area contributed by atoms with Crippen LogP contribution < -0.4 is 0 Å². The van der Waals surface area contributed by atoms with Crippen molar-refractivity contribution in [2.45, 2.75) is 6.92 Å². The van der Waals surface area contributed by atoms with Gasteiger partial charge in [-0.25, -0.2) is 4.98 Å². The van der Waals surface area contributed by atoms with Gasteiger partial charge in [0.1, 0.15) is 0 Å². The normalized spacial score (nSPS) is 11.1. The molecule has 4 rings (SSSR count). The summed E-state index contributed by atoms with van der Waals surface area (Å²) in [5, 5.41) is 3.71. The standard InChI is InChI=1S/C20H15N/c1-14-6-10-19-17(12-14)9-11-20(21-19)18-8-7-15-4-2-3-5-16(15)13-18/h2-13H,1H3. The summed E-state index contributed by atoms with van der Waals surface area (Å²) in [6, 6.07) is 25.6. The minimum absolute atomic E-state index is 1.03. The highest BCUT2D eigenvalue weighted by molar-refractivity contribution is 5.88. The van der Waals surface area contributed by atoms with Crippen LogP contribution in [0.3, 0.4) is 0 Å². The molecule has 3 aromatic carbocycles. The van der Waals surface area contributed by atoms with Crippen molar-refractivity contribution >= 4 is 21.7 Å². The maximum atomic E-state index is 4.79. The molecule has 0 spiro atoms. The van der Waals surface area contributed by atoms with Gasteiger partial charge in [-0.3, -0.25) is 0 Å². The first-order valence-corrected chi connectivity index (χ1v) is 7.16. The highest BCUT2D eigenvalue weighted by Gasteiger charge is 2.03. The molecule has 0 radical (unpaired) electrons. The van der Waals surface area contributed by atoms with Gasteiger partial charge in [-0.15, -0.1) is 0 Å². The molecule has 0 aliphatic carbocycles. The van der Waals surface area contributed by atoms with Crippen molar-refractivity contribution in [2.24, 2.45) is 0 Å². The third kappa shape index (κ3) is 2.17. The van der Waals surface area contributed by atoms with Crippen LogP contribution in [0.15, 0.2) is 72.8 Å². The fourth-order valence-corrected chi connectivity index (χ4v) is 2.75. The molecule has 0 aliphatic heterocycles. The molecular weight excluding hydrogens is 254 g/mol. The second kappa shape index (κ2) is 4.71. The lowest BCUT2D eigenvalue weighted by molar-refractivity contribution is 1.39. The van der Waals surface area contributed by atoms with Crippen molar-refractivity contribution in [1.82, 2.24) is 4.98 Å². The monoisotopic (exact) mass is 269 g/mol. The topological polar surface area (TPSA) is 12.9 Å². The summed E-state index contributed by atoms with van der Waals surface area (Å²) >= 11 is 0. The van der Waals surface area contributed by atoms with Gasteiger partial charge in [0.25, 0.3) is 0 Å². The number of aryl methyl sites for hydroxylation is 1. The van der Waals surface area contributed by atoms with E-state index in [2.05, 4.69) is 79.7 Å². The van der Waals surface area contributed by atoms with Gasteiger partial charge >= 0.3 is 0 Å². The third-order valence-electron chi connectivity index (χ3n) is 3.89. The minimum atomic E-state index is 1.03. The molecule has 0 saturated heterocycles. The van der Waals surface area contributed by atoms with E-state index in [-0.39, 0.29) is 0 Å². The second-order valence-corrected chi connectivity index (χ2v) is 5.45. The fourth-order valence-electron chi connectivity index (χ4n) is 2.75. The predicted octanol–water partition coefficient (Wildman–Crippen LogP) is 5.36. The predicted molar refractivity (Wildman–Crippen MR) is 89.4 cm³/mol. The number of nitrogens with zero attached hydrogens (tertiary/aromatic N) is 1. The van der Waals surface area contributed by atoms with Crippen LogP contribution in [0, 0.1) is 6.92 Å².